The van der Waals surface area contributed by atoms with E-state index < -0.39 is 0 Å². The Bertz CT molecular complexity index is 641. The summed E-state index contributed by atoms with van der Waals surface area (Å²) in [5.74, 6) is 1.02. The minimum absolute atomic E-state index is 0.131. The molecule has 0 spiro atoms. The number of nitrogens with zero attached hydrogens (tertiary/aromatic N) is 1. The van der Waals surface area contributed by atoms with Gasteiger partial charge in [-0.2, -0.15) is 11.3 Å². The molecule has 0 aliphatic carbocycles. The van der Waals surface area contributed by atoms with Crippen molar-refractivity contribution in [3.05, 3.63) is 46.2 Å². The number of rotatable bonds is 7. The molecule has 1 heterocycles. The molecule has 0 aliphatic heterocycles. The van der Waals surface area contributed by atoms with Gasteiger partial charge in [-0.05, 0) is 54.7 Å². The number of hydrogen-bond acceptors (Lipinski definition) is 5. The SMILES string of the molecule is COc1ccc(C(=O)NC[C@@H](c2ccsc2)N(C)C)cc1OC. The van der Waals surface area contributed by atoms with Gasteiger partial charge in [0.15, 0.2) is 11.5 Å². The molecule has 2 rings (SSSR count). The molecular formula is C17H22N2O3S. The van der Waals surface area contributed by atoms with E-state index >= 15 is 0 Å². The second-order valence-corrected chi connectivity index (χ2v) is 6.10. The lowest BCUT2D eigenvalue weighted by molar-refractivity contribution is 0.0941. The van der Waals surface area contributed by atoms with E-state index in [-0.39, 0.29) is 11.9 Å². The fraction of sp³-hybridized carbons (Fsp3) is 0.353. The first-order valence-electron chi connectivity index (χ1n) is 7.25. The highest BCUT2D eigenvalue weighted by Crippen LogP contribution is 2.27. The van der Waals surface area contributed by atoms with Crippen LogP contribution in [0.3, 0.4) is 0 Å². The van der Waals surface area contributed by atoms with Crippen LogP contribution in [0, 0.1) is 0 Å². The fourth-order valence-electron chi connectivity index (χ4n) is 2.33. The molecule has 6 heteroatoms. The van der Waals surface area contributed by atoms with Gasteiger partial charge in [-0.3, -0.25) is 4.79 Å². The minimum atomic E-state index is -0.131. The van der Waals surface area contributed by atoms with E-state index in [9.17, 15) is 4.79 Å². The van der Waals surface area contributed by atoms with Crippen molar-refractivity contribution in [2.45, 2.75) is 6.04 Å². The van der Waals surface area contributed by atoms with Gasteiger partial charge in [-0.25, -0.2) is 0 Å². The van der Waals surface area contributed by atoms with Crippen LogP contribution in [0.1, 0.15) is 22.0 Å². The topological polar surface area (TPSA) is 50.8 Å². The molecule has 0 saturated heterocycles. The summed E-state index contributed by atoms with van der Waals surface area (Å²) in [6.07, 6.45) is 0. The van der Waals surface area contributed by atoms with Crippen LogP contribution < -0.4 is 14.8 Å². The van der Waals surface area contributed by atoms with Gasteiger partial charge in [0.25, 0.3) is 5.91 Å². The molecule has 0 aliphatic rings. The summed E-state index contributed by atoms with van der Waals surface area (Å²) in [7, 11) is 7.13. The lowest BCUT2D eigenvalue weighted by atomic mass is 10.1. The maximum absolute atomic E-state index is 12.4. The highest BCUT2D eigenvalue weighted by atomic mass is 32.1. The number of carbonyl (C=O) groups excluding carboxylic acids is 1. The average molecular weight is 334 g/mol. The van der Waals surface area contributed by atoms with E-state index in [1.165, 1.54) is 5.56 Å². The van der Waals surface area contributed by atoms with Crippen molar-refractivity contribution < 1.29 is 14.3 Å². The lowest BCUT2D eigenvalue weighted by Gasteiger charge is -2.24. The Kier molecular flexibility index (Phi) is 6.01. The number of benzene rings is 1. The van der Waals surface area contributed by atoms with Crippen molar-refractivity contribution in [1.29, 1.82) is 0 Å². The van der Waals surface area contributed by atoms with E-state index in [2.05, 4.69) is 21.7 Å². The second-order valence-electron chi connectivity index (χ2n) is 5.32. The first-order valence-corrected chi connectivity index (χ1v) is 8.19. The van der Waals surface area contributed by atoms with Gasteiger partial charge in [0.05, 0.1) is 20.3 Å². The average Bonchev–Trinajstić information content (AvgIpc) is 3.08. The van der Waals surface area contributed by atoms with Gasteiger partial charge in [-0.15, -0.1) is 0 Å². The molecular weight excluding hydrogens is 312 g/mol. The Morgan fingerprint density at radius 2 is 1.96 bits per heavy atom. The van der Waals surface area contributed by atoms with Crippen molar-refractivity contribution in [3.8, 4) is 11.5 Å². The molecule has 1 N–H and O–H groups in total. The van der Waals surface area contributed by atoms with Gasteiger partial charge in [0, 0.05) is 12.1 Å². The molecule has 1 aromatic carbocycles. The summed E-state index contributed by atoms with van der Waals surface area (Å²) in [5, 5.41) is 7.13. The number of likely N-dealkylation sites (N-methyl/N-ethyl adjacent to an activating group) is 1. The maximum atomic E-state index is 12.4. The molecule has 1 aromatic heterocycles. The number of thiophene rings is 1. The third-order valence-electron chi connectivity index (χ3n) is 3.65. The smallest absolute Gasteiger partial charge is 0.251 e. The summed E-state index contributed by atoms with van der Waals surface area (Å²) < 4.78 is 10.4. The maximum Gasteiger partial charge on any atom is 0.251 e. The normalized spacial score (nSPS) is 12.0. The fourth-order valence-corrected chi connectivity index (χ4v) is 3.04. The zero-order valence-electron chi connectivity index (χ0n) is 13.8. The molecule has 0 saturated carbocycles. The molecule has 5 nitrogen and oxygen atoms in total. The van der Waals surface area contributed by atoms with Crippen molar-refractivity contribution >= 4 is 17.2 Å². The van der Waals surface area contributed by atoms with E-state index in [1.54, 1.807) is 43.8 Å². The Labute approximate surface area is 140 Å². The number of amides is 1. The summed E-state index contributed by atoms with van der Waals surface area (Å²) in [4.78, 5) is 14.5. The molecule has 0 bridgehead atoms. The molecule has 0 radical (unpaired) electrons. The van der Waals surface area contributed by atoms with Gasteiger partial charge >= 0.3 is 0 Å². The highest BCUT2D eigenvalue weighted by Gasteiger charge is 2.17. The highest BCUT2D eigenvalue weighted by molar-refractivity contribution is 7.07. The van der Waals surface area contributed by atoms with E-state index in [4.69, 9.17) is 9.47 Å². The zero-order valence-corrected chi connectivity index (χ0v) is 14.6. The van der Waals surface area contributed by atoms with Crippen LogP contribution in [0.2, 0.25) is 0 Å². The summed E-state index contributed by atoms with van der Waals surface area (Å²) in [6.45, 7) is 0.539. The van der Waals surface area contributed by atoms with Crippen molar-refractivity contribution in [2.24, 2.45) is 0 Å². The predicted molar refractivity (Wildman–Crippen MR) is 92.6 cm³/mol. The van der Waals surface area contributed by atoms with Crippen LogP contribution in [0.25, 0.3) is 0 Å². The van der Waals surface area contributed by atoms with Crippen LogP contribution in [0.5, 0.6) is 11.5 Å². The Morgan fingerprint density at radius 3 is 2.52 bits per heavy atom. The molecule has 1 atom stereocenters. The third kappa shape index (κ3) is 4.24. The molecule has 0 unspecified atom stereocenters. The van der Waals surface area contributed by atoms with Crippen LogP contribution in [-0.2, 0) is 0 Å². The Morgan fingerprint density at radius 1 is 1.22 bits per heavy atom. The number of ether oxygens (including phenoxy) is 2. The van der Waals surface area contributed by atoms with E-state index in [1.807, 2.05) is 19.5 Å². The van der Waals surface area contributed by atoms with Crippen LogP contribution in [0.4, 0.5) is 0 Å². The monoisotopic (exact) mass is 334 g/mol. The summed E-state index contributed by atoms with van der Waals surface area (Å²) in [5.41, 5.74) is 1.75. The van der Waals surface area contributed by atoms with Gasteiger partial charge < -0.3 is 19.7 Å². The quantitative estimate of drug-likeness (QED) is 0.846. The second kappa shape index (κ2) is 7.99. The number of methoxy groups -OCH3 is 2. The summed E-state index contributed by atoms with van der Waals surface area (Å²) in [6, 6.07) is 7.37. The zero-order chi connectivity index (χ0) is 16.8. The largest absolute Gasteiger partial charge is 0.493 e. The Hall–Kier alpha value is -2.05. The molecule has 0 fully saturated rings. The molecule has 2 aromatic rings. The lowest BCUT2D eigenvalue weighted by Crippen LogP contribution is -2.34. The number of nitrogens with one attached hydrogen (secondary N) is 1. The molecule has 23 heavy (non-hydrogen) atoms. The predicted octanol–water partition coefficient (Wildman–Crippen LogP) is 2.80. The third-order valence-corrected chi connectivity index (χ3v) is 4.35. The summed E-state index contributed by atoms with van der Waals surface area (Å²) >= 11 is 1.66. The van der Waals surface area contributed by atoms with Crippen LogP contribution in [0.15, 0.2) is 35.0 Å². The van der Waals surface area contributed by atoms with Crippen LogP contribution >= 0.6 is 11.3 Å². The molecule has 1 amide bonds. The van der Waals surface area contributed by atoms with E-state index in [0.29, 0.717) is 23.6 Å². The number of hydrogen-bond donors (Lipinski definition) is 1. The molecule has 124 valence electrons. The standard InChI is InChI=1S/C17H22N2O3S/c1-19(2)14(13-7-8-23-11-13)10-18-17(20)12-5-6-15(21-3)16(9-12)22-4/h5-9,11,14H,10H2,1-4H3,(H,18,20)/t14-/m0/s1. The van der Waals surface area contributed by atoms with Gasteiger partial charge in [-0.1, -0.05) is 0 Å². The Balaban J connectivity index is 2.06. The van der Waals surface area contributed by atoms with Gasteiger partial charge in [0.1, 0.15) is 0 Å². The number of carbonyl (C=O) groups is 1. The van der Waals surface area contributed by atoms with Crippen molar-refractivity contribution in [3.63, 3.8) is 0 Å². The van der Waals surface area contributed by atoms with E-state index in [0.717, 1.165) is 0 Å². The first kappa shape index (κ1) is 17.3. The first-order chi connectivity index (χ1) is 11.1. The van der Waals surface area contributed by atoms with Crippen molar-refractivity contribution in [1.82, 2.24) is 10.2 Å². The van der Waals surface area contributed by atoms with Crippen LogP contribution in [-0.4, -0.2) is 45.7 Å². The minimum Gasteiger partial charge on any atom is -0.493 e. The van der Waals surface area contributed by atoms with Crippen molar-refractivity contribution in [2.75, 3.05) is 34.9 Å². The van der Waals surface area contributed by atoms with Gasteiger partial charge in [0.2, 0.25) is 0 Å².